The number of Topliss-reactive ketones (excluding diaryl/α,β-unsaturated/α-hetero) is 2. The molecule has 1 aliphatic heterocycles. The molecule has 6 atom stereocenters. The van der Waals surface area contributed by atoms with Gasteiger partial charge in [0.2, 0.25) is 11.7 Å². The second kappa shape index (κ2) is 16.1. The summed E-state index contributed by atoms with van der Waals surface area (Å²) in [7, 11) is 3.87. The highest BCUT2D eigenvalue weighted by molar-refractivity contribution is 6.37. The topological polar surface area (TPSA) is 154 Å². The summed E-state index contributed by atoms with van der Waals surface area (Å²) in [5.74, 6) is -1.47. The molecular weight excluding hydrogens is 596 g/mol. The summed E-state index contributed by atoms with van der Waals surface area (Å²) in [6.07, 6.45) is 3.93. The van der Waals surface area contributed by atoms with Crippen LogP contribution in [0, 0.1) is 29.1 Å². The maximum absolute atomic E-state index is 13.8. The fourth-order valence-electron chi connectivity index (χ4n) is 6.27. The molecule has 47 heavy (non-hydrogen) atoms. The first-order valence-corrected chi connectivity index (χ1v) is 17.2. The van der Waals surface area contributed by atoms with Crippen molar-refractivity contribution in [1.82, 2.24) is 20.9 Å². The summed E-state index contributed by atoms with van der Waals surface area (Å²) in [6, 6.07) is 4.33. The van der Waals surface area contributed by atoms with Crippen LogP contribution in [0.4, 0.5) is 10.5 Å². The lowest BCUT2D eigenvalue weighted by Gasteiger charge is -2.37. The van der Waals surface area contributed by atoms with Crippen molar-refractivity contribution in [2.24, 2.45) is 34.8 Å². The van der Waals surface area contributed by atoms with E-state index in [0.717, 1.165) is 24.9 Å². The maximum Gasteiger partial charge on any atom is 0.315 e. The van der Waals surface area contributed by atoms with E-state index in [9.17, 15) is 24.0 Å². The Morgan fingerprint density at radius 2 is 1.60 bits per heavy atom. The van der Waals surface area contributed by atoms with Crippen molar-refractivity contribution in [1.29, 1.82) is 0 Å². The number of primary amides is 1. The van der Waals surface area contributed by atoms with E-state index in [0.29, 0.717) is 43.3 Å². The number of nitrogens with zero attached hydrogens (tertiary/aromatic N) is 2. The number of carbonyl (C=O) groups is 5. The normalized spacial score (nSPS) is 21.0. The molecule has 2 aliphatic rings. The molecule has 5 N–H and O–H groups in total. The van der Waals surface area contributed by atoms with Crippen molar-refractivity contribution >= 4 is 35.1 Å². The highest BCUT2D eigenvalue weighted by atomic mass is 16.2. The summed E-state index contributed by atoms with van der Waals surface area (Å²) in [5.41, 5.74) is 6.45. The largest absolute Gasteiger partial charge is 0.378 e. The van der Waals surface area contributed by atoms with E-state index in [2.05, 4.69) is 34.7 Å². The number of nitrogens with two attached hydrogens (primary N) is 1. The molecule has 1 aromatic carbocycles. The molecule has 2 unspecified atom stereocenters. The van der Waals surface area contributed by atoms with E-state index >= 15 is 0 Å². The molecule has 0 spiro atoms. The van der Waals surface area contributed by atoms with E-state index in [1.54, 1.807) is 12.1 Å². The molecule has 11 nitrogen and oxygen atoms in total. The van der Waals surface area contributed by atoms with Gasteiger partial charge in [0.15, 0.2) is 5.78 Å². The Bertz CT molecular complexity index is 1270. The standard InChI is InChI=1S/C36H58N6O5/c1-10-22(4)25-18-28(34(46)38-27(17-23-11-12-23)32(44)33(37)45)42(19-25)20-29(36(5,6)7)39-35(47)40-30(21(2)3)31(43)24-13-15-26(16-14-24)41(8)9/h13-16,21-23,25,27-30H,10-12,17-20H2,1-9H3,(H2,37,45)(H,38,46)(H2,39,40,47)/t22?,25-,27?,28+,29-,30+/m1/s1. The number of urea groups is 1. The average Bonchev–Trinajstić information content (AvgIpc) is 3.72. The summed E-state index contributed by atoms with van der Waals surface area (Å²) >= 11 is 0. The van der Waals surface area contributed by atoms with Crippen LogP contribution in [-0.2, 0) is 14.4 Å². The maximum atomic E-state index is 13.8. The van der Waals surface area contributed by atoms with Gasteiger partial charge in [0, 0.05) is 44.5 Å². The first kappa shape index (κ1) is 38.0. The summed E-state index contributed by atoms with van der Waals surface area (Å²) < 4.78 is 0. The average molecular weight is 655 g/mol. The summed E-state index contributed by atoms with van der Waals surface area (Å²) in [4.78, 5) is 69.3. The lowest BCUT2D eigenvalue weighted by atomic mass is 9.86. The molecule has 1 heterocycles. The van der Waals surface area contributed by atoms with Crippen LogP contribution in [0.2, 0.25) is 0 Å². The van der Waals surface area contributed by atoms with Gasteiger partial charge in [0.05, 0.1) is 18.1 Å². The Morgan fingerprint density at radius 3 is 2.09 bits per heavy atom. The van der Waals surface area contributed by atoms with Gasteiger partial charge in [0.1, 0.15) is 0 Å². The fraction of sp³-hybridized carbons (Fsp3) is 0.694. The van der Waals surface area contributed by atoms with Crippen molar-refractivity contribution in [2.75, 3.05) is 32.1 Å². The van der Waals surface area contributed by atoms with E-state index in [-0.39, 0.29) is 35.0 Å². The van der Waals surface area contributed by atoms with Gasteiger partial charge in [-0.3, -0.25) is 24.1 Å². The molecule has 0 radical (unpaired) electrons. The van der Waals surface area contributed by atoms with Crippen LogP contribution < -0.4 is 26.6 Å². The van der Waals surface area contributed by atoms with Crippen molar-refractivity contribution in [3.05, 3.63) is 29.8 Å². The number of likely N-dealkylation sites (tertiary alicyclic amines) is 1. The van der Waals surface area contributed by atoms with E-state index < -0.39 is 35.8 Å². The summed E-state index contributed by atoms with van der Waals surface area (Å²) in [5, 5.41) is 8.94. The third kappa shape index (κ3) is 10.5. The minimum Gasteiger partial charge on any atom is -0.378 e. The molecule has 1 aromatic rings. The fourth-order valence-corrected chi connectivity index (χ4v) is 6.27. The van der Waals surface area contributed by atoms with Gasteiger partial charge in [-0.05, 0) is 66.2 Å². The van der Waals surface area contributed by atoms with Crippen molar-refractivity contribution < 1.29 is 24.0 Å². The molecule has 4 amide bonds. The summed E-state index contributed by atoms with van der Waals surface area (Å²) in [6.45, 7) is 15.3. The molecule has 1 aliphatic carbocycles. The number of benzene rings is 1. The predicted molar refractivity (Wildman–Crippen MR) is 185 cm³/mol. The van der Waals surface area contributed by atoms with Crippen LogP contribution in [0.15, 0.2) is 24.3 Å². The number of ketones is 2. The van der Waals surface area contributed by atoms with Crippen LogP contribution in [0.25, 0.3) is 0 Å². The number of hydrogen-bond donors (Lipinski definition) is 4. The van der Waals surface area contributed by atoms with Gasteiger partial charge in [-0.1, -0.05) is 67.7 Å². The second-order valence-electron chi connectivity index (χ2n) is 15.4. The minimum absolute atomic E-state index is 0.149. The monoisotopic (exact) mass is 654 g/mol. The first-order valence-electron chi connectivity index (χ1n) is 17.2. The highest BCUT2D eigenvalue weighted by Gasteiger charge is 2.43. The van der Waals surface area contributed by atoms with Gasteiger partial charge < -0.3 is 26.6 Å². The third-order valence-corrected chi connectivity index (χ3v) is 10.0. The number of amides is 4. The molecular formula is C36H58N6O5. The Balaban J connectivity index is 1.77. The van der Waals surface area contributed by atoms with Gasteiger partial charge in [-0.2, -0.15) is 0 Å². The van der Waals surface area contributed by atoms with Crippen LogP contribution in [0.1, 0.15) is 90.9 Å². The number of nitrogens with one attached hydrogen (secondary N) is 3. The second-order valence-corrected chi connectivity index (χ2v) is 15.4. The van der Waals surface area contributed by atoms with Crippen molar-refractivity contribution in [3.63, 3.8) is 0 Å². The first-order chi connectivity index (χ1) is 21.9. The Labute approximate surface area is 281 Å². The molecule has 3 rings (SSSR count). The van der Waals surface area contributed by atoms with Crippen LogP contribution >= 0.6 is 0 Å². The van der Waals surface area contributed by atoms with Crippen LogP contribution in [0.3, 0.4) is 0 Å². The number of rotatable bonds is 16. The number of hydrogen-bond acceptors (Lipinski definition) is 7. The highest BCUT2D eigenvalue weighted by Crippen LogP contribution is 2.35. The lowest BCUT2D eigenvalue weighted by molar-refractivity contribution is -0.139. The zero-order valence-electron chi connectivity index (χ0n) is 29.9. The Hall–Kier alpha value is -3.47. The van der Waals surface area contributed by atoms with Gasteiger partial charge in [0.25, 0.3) is 5.91 Å². The Morgan fingerprint density at radius 1 is 0.979 bits per heavy atom. The third-order valence-electron chi connectivity index (χ3n) is 10.0. The van der Waals surface area contributed by atoms with Crippen molar-refractivity contribution in [3.8, 4) is 0 Å². The van der Waals surface area contributed by atoms with Gasteiger partial charge in [-0.25, -0.2) is 4.79 Å². The van der Waals surface area contributed by atoms with Crippen molar-refractivity contribution in [2.45, 2.75) is 105 Å². The van der Waals surface area contributed by atoms with Gasteiger partial charge in [-0.15, -0.1) is 0 Å². The molecule has 1 saturated carbocycles. The predicted octanol–water partition coefficient (Wildman–Crippen LogP) is 3.75. The zero-order valence-corrected chi connectivity index (χ0v) is 29.9. The minimum atomic E-state index is -1.04. The number of carbonyl (C=O) groups excluding carboxylic acids is 5. The molecule has 0 bridgehead atoms. The van der Waals surface area contributed by atoms with Crippen LogP contribution in [-0.4, -0.2) is 85.7 Å². The number of anilines is 1. The van der Waals surface area contributed by atoms with Gasteiger partial charge >= 0.3 is 6.03 Å². The van der Waals surface area contributed by atoms with E-state index in [4.69, 9.17) is 5.73 Å². The van der Waals surface area contributed by atoms with E-state index in [1.807, 2.05) is 65.7 Å². The molecule has 262 valence electrons. The quantitative estimate of drug-likeness (QED) is 0.156. The molecule has 1 saturated heterocycles. The molecule has 2 fully saturated rings. The van der Waals surface area contributed by atoms with Crippen LogP contribution in [0.5, 0.6) is 0 Å². The zero-order chi connectivity index (χ0) is 35.2. The SMILES string of the molecule is CCC(C)[C@@H]1C[C@@H](C(=O)NC(CC2CC2)C(=O)C(N)=O)N(C[C@@H](NC(=O)N[C@H](C(=O)c2ccc(N(C)C)cc2)C(C)C)C(C)(C)C)C1. The molecule has 11 heteroatoms. The lowest BCUT2D eigenvalue weighted by Crippen LogP contribution is -2.58. The van der Waals surface area contributed by atoms with E-state index in [1.165, 1.54) is 0 Å². The Kier molecular flexibility index (Phi) is 13.0. The smallest absolute Gasteiger partial charge is 0.315 e. The molecule has 0 aromatic heterocycles.